The number of carbonyl (C=O) groups excluding carboxylic acids is 1. The lowest BCUT2D eigenvalue weighted by atomic mass is 9.73. The van der Waals surface area contributed by atoms with Gasteiger partial charge in [-0.25, -0.2) is 0 Å². The molecule has 0 bridgehead atoms. The molecular weight excluding hydrogens is 359 g/mol. The Morgan fingerprint density at radius 2 is 1.25 bits per heavy atom. The van der Waals surface area contributed by atoms with Gasteiger partial charge in [-0.15, -0.1) is 0 Å². The van der Waals surface area contributed by atoms with E-state index in [0.717, 1.165) is 11.0 Å². The third kappa shape index (κ3) is 6.59. The highest BCUT2D eigenvalue weighted by Crippen LogP contribution is 2.30. The number of ether oxygens (including phenoxy) is 1. The van der Waals surface area contributed by atoms with E-state index < -0.39 is 29.5 Å². The Kier molecular flexibility index (Phi) is 7.51. The second-order valence-corrected chi connectivity index (χ2v) is 9.23. The number of hydrogen-bond donors (Lipinski definition) is 2. The molecule has 1 aromatic carbocycles. The van der Waals surface area contributed by atoms with Crippen molar-refractivity contribution >= 4 is 18.6 Å². The molecule has 28 heavy (non-hydrogen) atoms. The van der Waals surface area contributed by atoms with Crippen LogP contribution in [0.25, 0.3) is 0 Å². The molecule has 0 saturated carbocycles. The maximum Gasteiger partial charge on any atom is 0.494 e. The van der Waals surface area contributed by atoms with Crippen LogP contribution in [-0.2, 0) is 25.4 Å². The molecule has 0 aliphatic heterocycles. The summed E-state index contributed by atoms with van der Waals surface area (Å²) >= 11 is 0. The van der Waals surface area contributed by atoms with Crippen LogP contribution < -0.4 is 5.46 Å². The molecule has 0 spiro atoms. The number of esters is 1. The van der Waals surface area contributed by atoms with Crippen molar-refractivity contribution in [2.45, 2.75) is 91.3 Å². The van der Waals surface area contributed by atoms with Crippen molar-refractivity contribution in [2.75, 3.05) is 0 Å². The highest BCUT2D eigenvalue weighted by Gasteiger charge is 2.45. The van der Waals surface area contributed by atoms with Crippen LogP contribution in [0, 0.1) is 0 Å². The molecule has 0 aliphatic carbocycles. The Hall–Kier alpha value is -1.41. The average molecular weight is 394 g/mol. The van der Waals surface area contributed by atoms with Crippen LogP contribution in [0.5, 0.6) is 0 Å². The standard InChI is InChI=1S/C21H35BO6/c1-15(23)26-14-16-10-12-17(13-11-16)22(27-20(6,7)18(2,3)24)28-21(8,9)19(4,5)25/h10-13,24-25H,14H2,1-9H3. The van der Waals surface area contributed by atoms with Gasteiger partial charge in [0.1, 0.15) is 6.61 Å². The number of benzene rings is 1. The first kappa shape index (κ1) is 24.6. The Bertz CT molecular complexity index is 625. The third-order valence-corrected chi connectivity index (χ3v) is 5.44. The Labute approximate surface area is 169 Å². The highest BCUT2D eigenvalue weighted by molar-refractivity contribution is 6.61. The summed E-state index contributed by atoms with van der Waals surface area (Å²) in [7, 11) is -0.828. The second kappa shape index (κ2) is 8.53. The van der Waals surface area contributed by atoms with Crippen molar-refractivity contribution in [3.05, 3.63) is 29.8 Å². The maximum absolute atomic E-state index is 11.0. The van der Waals surface area contributed by atoms with Crippen LogP contribution in [-0.4, -0.2) is 45.7 Å². The fourth-order valence-corrected chi connectivity index (χ4v) is 1.94. The van der Waals surface area contributed by atoms with Crippen molar-refractivity contribution in [3.63, 3.8) is 0 Å². The summed E-state index contributed by atoms with van der Waals surface area (Å²) in [5, 5.41) is 21.0. The topological polar surface area (TPSA) is 85.2 Å². The first-order valence-electron chi connectivity index (χ1n) is 9.49. The first-order valence-corrected chi connectivity index (χ1v) is 9.49. The molecule has 0 atom stereocenters. The number of carbonyl (C=O) groups is 1. The molecule has 0 saturated heterocycles. The molecule has 1 aromatic rings. The summed E-state index contributed by atoms with van der Waals surface area (Å²) < 4.78 is 17.4. The highest BCUT2D eigenvalue weighted by atomic mass is 16.6. The summed E-state index contributed by atoms with van der Waals surface area (Å²) in [6.07, 6.45) is 0. The van der Waals surface area contributed by atoms with Crippen LogP contribution in [0.1, 0.15) is 67.9 Å². The van der Waals surface area contributed by atoms with Gasteiger partial charge in [-0.1, -0.05) is 24.3 Å². The van der Waals surface area contributed by atoms with Crippen molar-refractivity contribution in [1.29, 1.82) is 0 Å². The van der Waals surface area contributed by atoms with Gasteiger partial charge in [0.05, 0.1) is 22.4 Å². The van der Waals surface area contributed by atoms with Crippen molar-refractivity contribution in [1.82, 2.24) is 0 Å². The predicted octanol–water partition coefficient (Wildman–Crippen LogP) is 2.58. The summed E-state index contributed by atoms with van der Waals surface area (Å²) in [5.74, 6) is -0.340. The SMILES string of the molecule is CC(=O)OCc1ccc(B(OC(C)(C)C(C)(C)O)OC(C)(C)C(C)(C)O)cc1. The Morgan fingerprint density at radius 1 is 0.857 bits per heavy atom. The summed E-state index contributed by atoms with van der Waals surface area (Å²) in [4.78, 5) is 11.0. The number of aliphatic hydroxyl groups is 2. The quantitative estimate of drug-likeness (QED) is 0.495. The molecule has 0 heterocycles. The van der Waals surface area contributed by atoms with E-state index in [9.17, 15) is 15.0 Å². The molecule has 7 heteroatoms. The summed E-state index contributed by atoms with van der Waals surface area (Å²) in [6, 6.07) is 7.30. The van der Waals surface area contributed by atoms with Crippen molar-refractivity contribution in [3.8, 4) is 0 Å². The van der Waals surface area contributed by atoms with Gasteiger partial charge in [-0.2, -0.15) is 0 Å². The molecule has 0 aliphatic rings. The molecule has 0 unspecified atom stereocenters. The van der Waals surface area contributed by atoms with Gasteiger partial charge in [0.15, 0.2) is 0 Å². The molecular formula is C21H35BO6. The smallest absolute Gasteiger partial charge is 0.461 e. The van der Waals surface area contributed by atoms with E-state index >= 15 is 0 Å². The monoisotopic (exact) mass is 394 g/mol. The largest absolute Gasteiger partial charge is 0.494 e. The van der Waals surface area contributed by atoms with Crippen LogP contribution in [0.15, 0.2) is 24.3 Å². The Balaban J connectivity index is 3.18. The van der Waals surface area contributed by atoms with Gasteiger partial charge in [0, 0.05) is 6.92 Å². The molecule has 0 fully saturated rings. The molecule has 1 rings (SSSR count). The third-order valence-electron chi connectivity index (χ3n) is 5.44. The van der Waals surface area contributed by atoms with Gasteiger partial charge in [0.25, 0.3) is 0 Å². The second-order valence-electron chi connectivity index (χ2n) is 9.23. The number of hydrogen-bond acceptors (Lipinski definition) is 6. The van der Waals surface area contributed by atoms with Crippen LogP contribution >= 0.6 is 0 Å². The fraction of sp³-hybridized carbons (Fsp3) is 0.667. The minimum atomic E-state index is -1.12. The van der Waals surface area contributed by atoms with Crippen molar-refractivity contribution < 1.29 is 29.1 Å². The minimum Gasteiger partial charge on any atom is -0.461 e. The van der Waals surface area contributed by atoms with Gasteiger partial charge < -0.3 is 24.3 Å². The lowest BCUT2D eigenvalue weighted by molar-refractivity contribution is -0.142. The summed E-state index contributed by atoms with van der Waals surface area (Å²) in [6.45, 7) is 15.4. The molecule has 0 aromatic heterocycles. The fourth-order valence-electron chi connectivity index (χ4n) is 1.94. The van der Waals surface area contributed by atoms with E-state index in [2.05, 4.69) is 0 Å². The van der Waals surface area contributed by atoms with Gasteiger partial charge in [-0.3, -0.25) is 4.79 Å². The molecule has 6 nitrogen and oxygen atoms in total. The normalized spacial score (nSPS) is 13.4. The zero-order valence-corrected chi connectivity index (χ0v) is 18.6. The molecule has 158 valence electrons. The van der Waals surface area contributed by atoms with Crippen LogP contribution in [0.4, 0.5) is 0 Å². The molecule has 0 amide bonds. The van der Waals surface area contributed by atoms with E-state index in [4.69, 9.17) is 14.0 Å². The van der Waals surface area contributed by atoms with E-state index in [0.29, 0.717) is 0 Å². The van der Waals surface area contributed by atoms with Crippen LogP contribution in [0.3, 0.4) is 0 Å². The lowest BCUT2D eigenvalue weighted by Gasteiger charge is -2.43. The molecule has 2 N–H and O–H groups in total. The van der Waals surface area contributed by atoms with Crippen molar-refractivity contribution in [2.24, 2.45) is 0 Å². The summed E-state index contributed by atoms with van der Waals surface area (Å²) in [5.41, 5.74) is -2.54. The lowest BCUT2D eigenvalue weighted by Crippen LogP contribution is -2.58. The van der Waals surface area contributed by atoms with Gasteiger partial charge in [-0.05, 0) is 66.4 Å². The van der Waals surface area contributed by atoms with Crippen LogP contribution in [0.2, 0.25) is 0 Å². The first-order chi connectivity index (χ1) is 12.5. The van der Waals surface area contributed by atoms with Gasteiger partial charge in [0.2, 0.25) is 0 Å². The Morgan fingerprint density at radius 3 is 1.57 bits per heavy atom. The zero-order chi connectivity index (χ0) is 22.0. The van der Waals surface area contributed by atoms with Gasteiger partial charge >= 0.3 is 13.1 Å². The average Bonchev–Trinajstić information content (AvgIpc) is 2.50. The predicted molar refractivity (Wildman–Crippen MR) is 110 cm³/mol. The zero-order valence-electron chi connectivity index (χ0n) is 18.6. The molecule has 0 radical (unpaired) electrons. The minimum absolute atomic E-state index is 0.187. The van der Waals surface area contributed by atoms with E-state index in [1.54, 1.807) is 55.4 Å². The maximum atomic E-state index is 11.0. The number of rotatable bonds is 9. The van der Waals surface area contributed by atoms with E-state index in [1.807, 2.05) is 24.3 Å². The van der Waals surface area contributed by atoms with E-state index in [1.165, 1.54) is 6.92 Å². The van der Waals surface area contributed by atoms with E-state index in [-0.39, 0.29) is 12.6 Å².